The van der Waals surface area contributed by atoms with Crippen LogP contribution < -0.4 is 4.74 Å². The molecule has 2 heterocycles. The molecule has 5 aliphatic rings. The van der Waals surface area contributed by atoms with E-state index in [1.54, 1.807) is 6.08 Å². The highest BCUT2D eigenvalue weighted by Crippen LogP contribution is 2.62. The van der Waals surface area contributed by atoms with Crippen LogP contribution in [0.4, 0.5) is 0 Å². The Kier molecular flexibility index (Phi) is 5.13. The molecule has 0 aromatic heterocycles. The third-order valence-corrected chi connectivity index (χ3v) is 9.96. The Labute approximate surface area is 213 Å². The highest BCUT2D eigenvalue weighted by molar-refractivity contribution is 5.92. The Hall–Kier alpha value is -2.63. The van der Waals surface area contributed by atoms with Gasteiger partial charge in [0.1, 0.15) is 11.9 Å². The van der Waals surface area contributed by atoms with E-state index >= 15 is 0 Å². The van der Waals surface area contributed by atoms with E-state index < -0.39 is 0 Å². The van der Waals surface area contributed by atoms with Gasteiger partial charge in [0.15, 0.2) is 0 Å². The summed E-state index contributed by atoms with van der Waals surface area (Å²) in [5.41, 5.74) is 5.12. The average molecular weight is 485 g/mol. The molecule has 1 spiro atoms. The number of aliphatic hydroxyl groups is 1. The molecule has 2 bridgehead atoms. The third-order valence-electron chi connectivity index (χ3n) is 9.96. The number of piperidine rings is 1. The lowest BCUT2D eigenvalue weighted by molar-refractivity contribution is -0.135. The van der Waals surface area contributed by atoms with Gasteiger partial charge in [0.2, 0.25) is 5.91 Å². The van der Waals surface area contributed by atoms with Crippen LogP contribution >= 0.6 is 0 Å². The summed E-state index contributed by atoms with van der Waals surface area (Å²) >= 11 is 0. The molecule has 3 fully saturated rings. The molecule has 2 aromatic carbocycles. The van der Waals surface area contributed by atoms with E-state index in [9.17, 15) is 9.90 Å². The summed E-state index contributed by atoms with van der Waals surface area (Å²) in [6, 6.07) is 15.4. The highest BCUT2D eigenvalue weighted by atomic mass is 16.5. The Morgan fingerprint density at radius 1 is 1.25 bits per heavy atom. The van der Waals surface area contributed by atoms with Gasteiger partial charge < -0.3 is 14.7 Å². The summed E-state index contributed by atoms with van der Waals surface area (Å²) in [4.78, 5) is 18.0. The fraction of sp³-hybridized carbons (Fsp3) is 0.516. The second kappa shape index (κ2) is 8.19. The van der Waals surface area contributed by atoms with Crippen LogP contribution in [-0.4, -0.2) is 65.2 Å². The number of carbonyl (C=O) groups excluding carboxylic acids is 1. The minimum atomic E-state index is -0.103. The normalized spacial score (nSPS) is 35.9. The van der Waals surface area contributed by atoms with Gasteiger partial charge in [-0.15, -0.1) is 0 Å². The molecule has 2 unspecified atom stereocenters. The first-order valence-corrected chi connectivity index (χ1v) is 13.7. The molecule has 188 valence electrons. The van der Waals surface area contributed by atoms with Crippen molar-refractivity contribution in [1.29, 1.82) is 0 Å². The van der Waals surface area contributed by atoms with Gasteiger partial charge in [-0.05, 0) is 74.8 Å². The number of carbonyl (C=O) groups is 1. The quantitative estimate of drug-likeness (QED) is 0.653. The van der Waals surface area contributed by atoms with E-state index in [4.69, 9.17) is 4.74 Å². The number of aliphatic hydroxyl groups excluding tert-OH is 1. The standard InChI is InChI=1S/C31H36N2O3/c1-19-5-3-6-20(15-19)9-12-28(35)32(2)24-11-10-23-25-16-21-7-4-8-27-29(21)31(23,30(24)36-27)13-14-33(25)18-22-17-26(22)34/h3-9,12,15,22-26,30,34H,10-11,13-14,16-18H2,1-2H3/t22?,23-,24+,25+,26?,30-,31-/m0/s1. The van der Waals surface area contributed by atoms with Crippen molar-refractivity contribution >= 4 is 12.0 Å². The van der Waals surface area contributed by atoms with Crippen molar-refractivity contribution in [3.8, 4) is 5.75 Å². The molecule has 7 atom stereocenters. The summed E-state index contributed by atoms with van der Waals surface area (Å²) in [5, 5.41) is 10.0. The first-order valence-electron chi connectivity index (χ1n) is 13.7. The maximum atomic E-state index is 13.4. The number of hydrogen-bond donors (Lipinski definition) is 1. The van der Waals surface area contributed by atoms with Crippen LogP contribution in [0.5, 0.6) is 5.75 Å². The fourth-order valence-corrected chi connectivity index (χ4v) is 8.14. The number of nitrogens with zero attached hydrogens (tertiary/aromatic N) is 2. The molecule has 2 aliphatic heterocycles. The van der Waals surface area contributed by atoms with E-state index in [1.807, 2.05) is 30.2 Å². The summed E-state index contributed by atoms with van der Waals surface area (Å²) in [5.74, 6) is 2.09. The van der Waals surface area contributed by atoms with Crippen molar-refractivity contribution in [2.24, 2.45) is 11.8 Å². The van der Waals surface area contributed by atoms with Crippen LogP contribution in [-0.2, 0) is 16.6 Å². The minimum absolute atomic E-state index is 0.00480. The lowest BCUT2D eigenvalue weighted by Gasteiger charge is -2.60. The van der Waals surface area contributed by atoms with E-state index in [-0.39, 0.29) is 29.6 Å². The Bertz CT molecular complexity index is 1240. The van der Waals surface area contributed by atoms with Gasteiger partial charge in [-0.3, -0.25) is 9.69 Å². The number of likely N-dealkylation sites (N-methyl/N-ethyl adjacent to an activating group) is 1. The fourth-order valence-electron chi connectivity index (χ4n) is 8.14. The average Bonchev–Trinajstić information content (AvgIpc) is 3.46. The molecule has 1 N–H and O–H groups in total. The molecular weight excluding hydrogens is 448 g/mol. The number of amides is 1. The number of rotatable bonds is 5. The van der Waals surface area contributed by atoms with Crippen molar-refractivity contribution in [2.45, 2.75) is 68.7 Å². The van der Waals surface area contributed by atoms with Gasteiger partial charge in [-0.1, -0.05) is 42.0 Å². The second-order valence-electron chi connectivity index (χ2n) is 11.9. The van der Waals surface area contributed by atoms with Crippen molar-refractivity contribution in [3.63, 3.8) is 0 Å². The molecule has 36 heavy (non-hydrogen) atoms. The van der Waals surface area contributed by atoms with Gasteiger partial charge >= 0.3 is 0 Å². The number of aryl methyl sites for hydroxylation is 1. The van der Waals surface area contributed by atoms with Gasteiger partial charge in [0, 0.05) is 42.6 Å². The molecule has 2 saturated carbocycles. The molecule has 1 saturated heterocycles. The molecule has 0 radical (unpaired) electrons. The third kappa shape index (κ3) is 3.32. The van der Waals surface area contributed by atoms with E-state index in [1.165, 1.54) is 16.7 Å². The zero-order valence-corrected chi connectivity index (χ0v) is 21.3. The smallest absolute Gasteiger partial charge is 0.246 e. The molecule has 5 heteroatoms. The zero-order valence-electron chi connectivity index (χ0n) is 21.3. The summed E-state index contributed by atoms with van der Waals surface area (Å²) < 4.78 is 6.81. The van der Waals surface area contributed by atoms with Gasteiger partial charge in [-0.2, -0.15) is 0 Å². The maximum Gasteiger partial charge on any atom is 0.246 e. The Balaban J connectivity index is 1.19. The molecule has 1 amide bonds. The first kappa shape index (κ1) is 22.6. The number of ether oxygens (including phenoxy) is 1. The number of likely N-dealkylation sites (tertiary alicyclic amines) is 1. The molecular formula is C31H36N2O3. The SMILES string of the molecule is Cc1cccc(C=CC(=O)N(C)[C@@H]2CC[C@H]3[C@H]4Cc5cccc6c5[C@@]3(CCN4CC3CC3O)[C@H]2O6)c1. The zero-order chi connectivity index (χ0) is 24.6. The molecule has 5 nitrogen and oxygen atoms in total. The predicted molar refractivity (Wildman–Crippen MR) is 140 cm³/mol. The number of benzene rings is 2. The van der Waals surface area contributed by atoms with Crippen LogP contribution in [0, 0.1) is 18.8 Å². The van der Waals surface area contributed by atoms with Gasteiger partial charge in [0.25, 0.3) is 0 Å². The lowest BCUT2D eigenvalue weighted by atomic mass is 9.51. The predicted octanol–water partition coefficient (Wildman–Crippen LogP) is 3.96. The topological polar surface area (TPSA) is 53.0 Å². The summed E-state index contributed by atoms with van der Waals surface area (Å²) in [6.07, 6.45) is 8.74. The van der Waals surface area contributed by atoms with Crippen molar-refractivity contribution in [2.75, 3.05) is 20.1 Å². The Morgan fingerprint density at radius 3 is 2.89 bits per heavy atom. The highest BCUT2D eigenvalue weighted by Gasteiger charge is 2.66. The van der Waals surface area contributed by atoms with Crippen molar-refractivity contribution in [3.05, 3.63) is 70.8 Å². The summed E-state index contributed by atoms with van der Waals surface area (Å²) in [7, 11) is 1.96. The maximum absolute atomic E-state index is 13.4. The monoisotopic (exact) mass is 484 g/mol. The van der Waals surface area contributed by atoms with Crippen LogP contribution in [0.2, 0.25) is 0 Å². The van der Waals surface area contributed by atoms with E-state index in [2.05, 4.69) is 42.2 Å². The van der Waals surface area contributed by atoms with Crippen LogP contribution in [0.3, 0.4) is 0 Å². The van der Waals surface area contributed by atoms with Crippen molar-refractivity contribution < 1.29 is 14.6 Å². The number of hydrogen-bond acceptors (Lipinski definition) is 4. The van der Waals surface area contributed by atoms with E-state index in [0.717, 1.165) is 56.5 Å². The second-order valence-corrected chi connectivity index (χ2v) is 11.9. The van der Waals surface area contributed by atoms with Crippen molar-refractivity contribution in [1.82, 2.24) is 9.80 Å². The summed E-state index contributed by atoms with van der Waals surface area (Å²) in [6.45, 7) is 4.14. The minimum Gasteiger partial charge on any atom is -0.487 e. The van der Waals surface area contributed by atoms with Gasteiger partial charge in [-0.25, -0.2) is 0 Å². The van der Waals surface area contributed by atoms with E-state index in [0.29, 0.717) is 17.9 Å². The molecule has 7 rings (SSSR count). The van der Waals surface area contributed by atoms with Crippen LogP contribution in [0.25, 0.3) is 6.08 Å². The van der Waals surface area contributed by atoms with Gasteiger partial charge in [0.05, 0.1) is 12.1 Å². The molecule has 2 aromatic rings. The first-order chi connectivity index (χ1) is 17.5. The lowest BCUT2D eigenvalue weighted by Crippen LogP contribution is -2.69. The Morgan fingerprint density at radius 2 is 2.08 bits per heavy atom. The molecule has 3 aliphatic carbocycles. The van der Waals surface area contributed by atoms with Crippen LogP contribution in [0.1, 0.15) is 47.9 Å². The largest absolute Gasteiger partial charge is 0.487 e. The van der Waals surface area contributed by atoms with Crippen LogP contribution in [0.15, 0.2) is 48.5 Å².